The molecule has 144 valence electrons. The van der Waals surface area contributed by atoms with Gasteiger partial charge in [0.2, 0.25) is 6.79 Å². The third-order valence-electron chi connectivity index (χ3n) is 5.19. The topological polar surface area (TPSA) is 81.9 Å². The van der Waals surface area contributed by atoms with Gasteiger partial charge in [-0.05, 0) is 43.4 Å². The maximum atomic E-state index is 13.0. The average molecular weight is 397 g/mol. The predicted molar refractivity (Wildman–Crippen MR) is 104 cm³/mol. The summed E-state index contributed by atoms with van der Waals surface area (Å²) in [4.78, 5) is 31.9. The number of rotatable bonds is 3. The number of thiazole rings is 1. The molecule has 1 aliphatic carbocycles. The summed E-state index contributed by atoms with van der Waals surface area (Å²) < 4.78 is 12.3. The average Bonchev–Trinajstić information content (AvgIpc) is 3.24. The highest BCUT2D eigenvalue weighted by atomic mass is 32.1. The largest absolute Gasteiger partial charge is 0.454 e. The SMILES string of the molecule is O=C(NCc1ccc2c(c1)OCO2)c1cnc2sc3c(n2c1=O)CCCCC3. The first-order chi connectivity index (χ1) is 13.7. The van der Waals surface area contributed by atoms with E-state index in [9.17, 15) is 9.59 Å². The Bertz CT molecular complexity index is 1130. The van der Waals surface area contributed by atoms with Crippen LogP contribution in [-0.2, 0) is 19.4 Å². The molecule has 1 N–H and O–H groups in total. The van der Waals surface area contributed by atoms with Crippen molar-refractivity contribution in [3.05, 3.63) is 56.4 Å². The number of amides is 1. The summed E-state index contributed by atoms with van der Waals surface area (Å²) in [6, 6.07) is 5.50. The lowest BCUT2D eigenvalue weighted by Crippen LogP contribution is -2.31. The van der Waals surface area contributed by atoms with Crippen LogP contribution >= 0.6 is 11.3 Å². The minimum Gasteiger partial charge on any atom is -0.454 e. The van der Waals surface area contributed by atoms with Gasteiger partial charge in [0, 0.05) is 23.3 Å². The molecular weight excluding hydrogens is 378 g/mol. The zero-order valence-electron chi connectivity index (χ0n) is 15.2. The summed E-state index contributed by atoms with van der Waals surface area (Å²) in [6.07, 6.45) is 6.60. The Morgan fingerprint density at radius 3 is 2.96 bits per heavy atom. The van der Waals surface area contributed by atoms with Crippen molar-refractivity contribution in [3.8, 4) is 11.5 Å². The number of carbonyl (C=O) groups is 1. The van der Waals surface area contributed by atoms with Gasteiger partial charge in [-0.3, -0.25) is 14.0 Å². The number of nitrogens with one attached hydrogen (secondary N) is 1. The van der Waals surface area contributed by atoms with Crippen LogP contribution in [0.1, 0.15) is 45.8 Å². The van der Waals surface area contributed by atoms with Gasteiger partial charge < -0.3 is 14.8 Å². The van der Waals surface area contributed by atoms with Crippen molar-refractivity contribution in [3.63, 3.8) is 0 Å². The van der Waals surface area contributed by atoms with E-state index in [-0.39, 0.29) is 17.9 Å². The highest BCUT2D eigenvalue weighted by Crippen LogP contribution is 2.32. The van der Waals surface area contributed by atoms with E-state index in [2.05, 4.69) is 10.3 Å². The maximum Gasteiger partial charge on any atom is 0.271 e. The summed E-state index contributed by atoms with van der Waals surface area (Å²) >= 11 is 1.56. The first-order valence-electron chi connectivity index (χ1n) is 9.40. The highest BCUT2D eigenvalue weighted by molar-refractivity contribution is 7.17. The summed E-state index contributed by atoms with van der Waals surface area (Å²) in [5.74, 6) is 0.940. The molecule has 3 aromatic rings. The molecule has 1 aliphatic heterocycles. The van der Waals surface area contributed by atoms with Crippen LogP contribution in [0.25, 0.3) is 4.96 Å². The summed E-state index contributed by atoms with van der Waals surface area (Å²) in [6.45, 7) is 0.498. The van der Waals surface area contributed by atoms with E-state index in [0.29, 0.717) is 23.0 Å². The molecule has 7 nitrogen and oxygen atoms in total. The van der Waals surface area contributed by atoms with E-state index < -0.39 is 5.91 Å². The molecule has 2 aliphatic rings. The van der Waals surface area contributed by atoms with Crippen LogP contribution < -0.4 is 20.3 Å². The Hall–Kier alpha value is -2.87. The molecule has 0 atom stereocenters. The molecule has 0 fully saturated rings. The van der Waals surface area contributed by atoms with Crippen molar-refractivity contribution in [2.45, 2.75) is 38.6 Å². The fraction of sp³-hybridized carbons (Fsp3) is 0.350. The molecule has 28 heavy (non-hydrogen) atoms. The van der Waals surface area contributed by atoms with Crippen molar-refractivity contribution >= 4 is 22.2 Å². The quantitative estimate of drug-likeness (QED) is 0.687. The number of fused-ring (bicyclic) bond motifs is 4. The van der Waals surface area contributed by atoms with E-state index in [1.807, 2.05) is 18.2 Å². The molecule has 2 aromatic heterocycles. The Labute approximate surface area is 164 Å². The normalized spacial score (nSPS) is 15.3. The van der Waals surface area contributed by atoms with Gasteiger partial charge in [0.1, 0.15) is 5.56 Å². The molecule has 0 radical (unpaired) electrons. The second-order valence-electron chi connectivity index (χ2n) is 7.00. The fourth-order valence-corrected chi connectivity index (χ4v) is 4.90. The summed E-state index contributed by atoms with van der Waals surface area (Å²) in [5.41, 5.74) is 1.69. The molecule has 3 heterocycles. The van der Waals surface area contributed by atoms with Crippen LogP contribution in [0.4, 0.5) is 0 Å². The third kappa shape index (κ3) is 2.93. The van der Waals surface area contributed by atoms with Gasteiger partial charge in [0.15, 0.2) is 16.5 Å². The monoisotopic (exact) mass is 397 g/mol. The van der Waals surface area contributed by atoms with E-state index in [1.54, 1.807) is 15.7 Å². The van der Waals surface area contributed by atoms with Crippen molar-refractivity contribution in [2.75, 3.05) is 6.79 Å². The van der Waals surface area contributed by atoms with Crippen LogP contribution in [-0.4, -0.2) is 22.1 Å². The number of hydrogen-bond donors (Lipinski definition) is 1. The second-order valence-corrected chi connectivity index (χ2v) is 8.06. The van der Waals surface area contributed by atoms with Gasteiger partial charge in [0.25, 0.3) is 11.5 Å². The molecule has 8 heteroatoms. The number of ether oxygens (including phenoxy) is 2. The molecule has 5 rings (SSSR count). The molecular formula is C20H19N3O4S. The highest BCUT2D eigenvalue weighted by Gasteiger charge is 2.21. The molecule has 1 amide bonds. The minimum absolute atomic E-state index is 0.0723. The van der Waals surface area contributed by atoms with E-state index in [4.69, 9.17) is 9.47 Å². The van der Waals surface area contributed by atoms with Gasteiger partial charge in [-0.1, -0.05) is 12.5 Å². The number of aromatic nitrogens is 2. The van der Waals surface area contributed by atoms with Crippen LogP contribution in [0.5, 0.6) is 11.5 Å². The number of hydrogen-bond acceptors (Lipinski definition) is 6. The van der Waals surface area contributed by atoms with Crippen LogP contribution in [0.3, 0.4) is 0 Å². The Balaban J connectivity index is 1.41. The zero-order valence-corrected chi connectivity index (χ0v) is 16.0. The first kappa shape index (κ1) is 17.2. The van der Waals surface area contributed by atoms with E-state index >= 15 is 0 Å². The fourth-order valence-electron chi connectivity index (χ4n) is 3.73. The number of aryl methyl sites for hydroxylation is 2. The van der Waals surface area contributed by atoms with Gasteiger partial charge in [0.05, 0.1) is 0 Å². The van der Waals surface area contributed by atoms with Crippen molar-refractivity contribution in [1.82, 2.24) is 14.7 Å². The lowest BCUT2D eigenvalue weighted by molar-refractivity contribution is 0.0948. The lowest BCUT2D eigenvalue weighted by Gasteiger charge is -2.07. The molecule has 0 unspecified atom stereocenters. The smallest absolute Gasteiger partial charge is 0.271 e. The van der Waals surface area contributed by atoms with Gasteiger partial charge in [-0.2, -0.15) is 0 Å². The molecule has 0 saturated carbocycles. The number of nitrogens with zero attached hydrogens (tertiary/aromatic N) is 2. The maximum absolute atomic E-state index is 13.0. The summed E-state index contributed by atoms with van der Waals surface area (Å²) in [5, 5.41) is 2.81. The Kier molecular flexibility index (Phi) is 4.27. The predicted octanol–water partition coefficient (Wildman–Crippen LogP) is 2.68. The molecule has 0 saturated heterocycles. The van der Waals surface area contributed by atoms with Crippen molar-refractivity contribution < 1.29 is 14.3 Å². The van der Waals surface area contributed by atoms with Crippen molar-refractivity contribution in [2.24, 2.45) is 0 Å². The number of carbonyl (C=O) groups excluding carboxylic acids is 1. The van der Waals surface area contributed by atoms with Gasteiger partial charge >= 0.3 is 0 Å². The first-order valence-corrected chi connectivity index (χ1v) is 10.2. The van der Waals surface area contributed by atoms with Crippen molar-refractivity contribution in [1.29, 1.82) is 0 Å². The van der Waals surface area contributed by atoms with Gasteiger partial charge in [-0.25, -0.2) is 4.98 Å². The van der Waals surface area contributed by atoms with Crippen LogP contribution in [0.15, 0.2) is 29.2 Å². The minimum atomic E-state index is -0.418. The molecule has 1 aromatic carbocycles. The van der Waals surface area contributed by atoms with Gasteiger partial charge in [-0.15, -0.1) is 11.3 Å². The standard InChI is InChI=1S/C20H19N3O4S/c24-18(21-9-12-6-7-15-16(8-12)27-11-26-15)13-10-22-20-23(19(13)25)14-4-2-1-3-5-17(14)28-20/h6-8,10H,1-5,9,11H2,(H,21,24). The van der Waals surface area contributed by atoms with E-state index in [1.165, 1.54) is 17.5 Å². The molecule has 0 bridgehead atoms. The zero-order chi connectivity index (χ0) is 19.1. The molecule has 0 spiro atoms. The Morgan fingerprint density at radius 1 is 1.18 bits per heavy atom. The van der Waals surface area contributed by atoms with Crippen LogP contribution in [0, 0.1) is 0 Å². The summed E-state index contributed by atoms with van der Waals surface area (Å²) in [7, 11) is 0. The van der Waals surface area contributed by atoms with Crippen LogP contribution in [0.2, 0.25) is 0 Å². The lowest BCUT2D eigenvalue weighted by atomic mass is 10.2. The third-order valence-corrected chi connectivity index (χ3v) is 6.34. The number of benzene rings is 1. The van der Waals surface area contributed by atoms with E-state index in [0.717, 1.165) is 36.9 Å². The second kappa shape index (κ2) is 6.94. The Morgan fingerprint density at radius 2 is 2.04 bits per heavy atom.